The Bertz CT molecular complexity index is 535. The summed E-state index contributed by atoms with van der Waals surface area (Å²) in [6, 6.07) is 8.79. The van der Waals surface area contributed by atoms with E-state index in [1.807, 2.05) is 30.3 Å². The fraction of sp³-hybridized carbons (Fsp3) is 0.375. The molecular weight excluding hydrogens is 270 g/mol. The van der Waals surface area contributed by atoms with Gasteiger partial charge in [-0.2, -0.15) is 0 Å². The van der Waals surface area contributed by atoms with E-state index in [2.05, 4.69) is 5.92 Å². The largest absolute Gasteiger partial charge is 0.451 e. The van der Waals surface area contributed by atoms with E-state index >= 15 is 0 Å². The topological polar surface area (TPSA) is 55.8 Å². The fourth-order valence-electron chi connectivity index (χ4n) is 2.24. The highest BCUT2D eigenvalue weighted by Gasteiger charge is 2.36. The molecule has 1 aromatic carbocycles. The molecule has 1 aliphatic rings. The van der Waals surface area contributed by atoms with E-state index < -0.39 is 18.1 Å². The maximum atomic E-state index is 12.1. The van der Waals surface area contributed by atoms with Gasteiger partial charge in [0.25, 0.3) is 0 Å². The Kier molecular flexibility index (Phi) is 5.22. The van der Waals surface area contributed by atoms with Gasteiger partial charge >= 0.3 is 12.1 Å². The van der Waals surface area contributed by atoms with E-state index in [1.54, 1.807) is 0 Å². The molecule has 1 saturated heterocycles. The van der Waals surface area contributed by atoms with Crippen molar-refractivity contribution in [1.82, 2.24) is 4.90 Å². The van der Waals surface area contributed by atoms with Crippen molar-refractivity contribution >= 4 is 12.1 Å². The number of nitrogens with zero attached hydrogens (tertiary/aromatic N) is 1. The molecule has 0 aromatic heterocycles. The first-order valence-corrected chi connectivity index (χ1v) is 6.80. The van der Waals surface area contributed by atoms with E-state index in [0.717, 1.165) is 12.0 Å². The maximum absolute atomic E-state index is 12.1. The summed E-state index contributed by atoms with van der Waals surface area (Å²) in [6.45, 7) is 0.591. The SMILES string of the molecule is C#CCOC(=O)[C@@H]1CCCN1C(=O)OCc1ccccc1. The molecule has 1 aliphatic heterocycles. The van der Waals surface area contributed by atoms with E-state index in [0.29, 0.717) is 13.0 Å². The van der Waals surface area contributed by atoms with Gasteiger partial charge in [0.2, 0.25) is 0 Å². The lowest BCUT2D eigenvalue weighted by atomic mass is 10.2. The van der Waals surface area contributed by atoms with E-state index in [9.17, 15) is 9.59 Å². The normalized spacial score (nSPS) is 17.1. The van der Waals surface area contributed by atoms with E-state index in [4.69, 9.17) is 15.9 Å². The number of esters is 1. The standard InChI is InChI=1S/C16H17NO4/c1-2-11-20-15(18)14-9-6-10-17(14)16(19)21-12-13-7-4-3-5-8-13/h1,3-5,7-8,14H,6,9-12H2/t14-/m0/s1. The predicted octanol–water partition coefficient (Wildman–Crippen LogP) is 1.96. The summed E-state index contributed by atoms with van der Waals surface area (Å²) in [5.74, 6) is 1.76. The summed E-state index contributed by atoms with van der Waals surface area (Å²) in [6.07, 6.45) is 5.87. The number of benzene rings is 1. The Morgan fingerprint density at radius 3 is 2.76 bits per heavy atom. The van der Waals surface area contributed by atoms with Crippen LogP contribution < -0.4 is 0 Å². The molecule has 5 heteroatoms. The molecule has 0 unspecified atom stereocenters. The second-order valence-corrected chi connectivity index (χ2v) is 4.70. The molecule has 1 atom stereocenters. The van der Waals surface area contributed by atoms with Crippen LogP contribution in [0.3, 0.4) is 0 Å². The van der Waals surface area contributed by atoms with Gasteiger partial charge in [0.15, 0.2) is 6.61 Å². The molecule has 0 saturated carbocycles. The molecule has 1 heterocycles. The number of carbonyl (C=O) groups excluding carboxylic acids is 2. The molecule has 0 aliphatic carbocycles. The van der Waals surface area contributed by atoms with Gasteiger partial charge in [-0.15, -0.1) is 6.42 Å². The molecule has 21 heavy (non-hydrogen) atoms. The average molecular weight is 287 g/mol. The summed E-state index contributed by atoms with van der Waals surface area (Å²) in [4.78, 5) is 25.3. The highest BCUT2D eigenvalue weighted by Crippen LogP contribution is 2.20. The third-order valence-corrected chi connectivity index (χ3v) is 3.26. The van der Waals surface area contributed by atoms with Gasteiger partial charge in [0.1, 0.15) is 12.6 Å². The van der Waals surface area contributed by atoms with Gasteiger partial charge in [-0.1, -0.05) is 36.3 Å². The molecule has 110 valence electrons. The van der Waals surface area contributed by atoms with Gasteiger partial charge in [0.05, 0.1) is 0 Å². The fourth-order valence-corrected chi connectivity index (χ4v) is 2.24. The molecule has 0 spiro atoms. The summed E-state index contributed by atoms with van der Waals surface area (Å²) >= 11 is 0. The number of hydrogen-bond acceptors (Lipinski definition) is 4. The molecule has 1 amide bonds. The molecule has 1 aromatic rings. The molecule has 0 radical (unpaired) electrons. The smallest absolute Gasteiger partial charge is 0.410 e. The number of carbonyl (C=O) groups is 2. The van der Waals surface area contributed by atoms with E-state index in [1.165, 1.54) is 4.90 Å². The summed E-state index contributed by atoms with van der Waals surface area (Å²) in [7, 11) is 0. The van der Waals surface area contributed by atoms with Gasteiger partial charge in [-0.05, 0) is 18.4 Å². The van der Waals surface area contributed by atoms with Crippen LogP contribution in [-0.2, 0) is 20.9 Å². The number of terminal acetylenes is 1. The first-order valence-electron chi connectivity index (χ1n) is 6.80. The van der Waals surface area contributed by atoms with Crippen molar-refractivity contribution in [3.05, 3.63) is 35.9 Å². The molecule has 5 nitrogen and oxygen atoms in total. The number of likely N-dealkylation sites (tertiary alicyclic amines) is 1. The Morgan fingerprint density at radius 2 is 2.05 bits per heavy atom. The lowest BCUT2D eigenvalue weighted by molar-refractivity contribution is -0.147. The highest BCUT2D eigenvalue weighted by molar-refractivity contribution is 5.82. The first kappa shape index (κ1) is 14.9. The minimum absolute atomic E-state index is 0.0811. The van der Waals surface area contributed by atoms with Crippen LogP contribution in [0.2, 0.25) is 0 Å². The van der Waals surface area contributed by atoms with Crippen LogP contribution in [0.5, 0.6) is 0 Å². The molecule has 0 bridgehead atoms. The third kappa shape index (κ3) is 3.99. The second-order valence-electron chi connectivity index (χ2n) is 4.70. The summed E-state index contributed by atoms with van der Waals surface area (Å²) < 4.78 is 10.1. The Balaban J connectivity index is 1.89. The summed E-state index contributed by atoms with van der Waals surface area (Å²) in [5, 5.41) is 0. The van der Waals surface area contributed by atoms with Crippen LogP contribution in [0.25, 0.3) is 0 Å². The lowest BCUT2D eigenvalue weighted by Gasteiger charge is -2.22. The number of hydrogen-bond donors (Lipinski definition) is 0. The van der Waals surface area contributed by atoms with Crippen molar-refractivity contribution in [2.45, 2.75) is 25.5 Å². The van der Waals surface area contributed by atoms with Gasteiger partial charge in [-0.25, -0.2) is 9.59 Å². The zero-order valence-electron chi connectivity index (χ0n) is 11.7. The Hall–Kier alpha value is -2.48. The second kappa shape index (κ2) is 7.34. The molecule has 2 rings (SSSR count). The number of ether oxygens (including phenoxy) is 2. The zero-order chi connectivity index (χ0) is 15.1. The first-order chi connectivity index (χ1) is 10.2. The van der Waals surface area contributed by atoms with Crippen LogP contribution >= 0.6 is 0 Å². The minimum atomic E-state index is -0.596. The molecule has 1 fully saturated rings. The Morgan fingerprint density at radius 1 is 1.29 bits per heavy atom. The van der Waals surface area contributed by atoms with Crippen LogP contribution in [0.1, 0.15) is 18.4 Å². The van der Waals surface area contributed by atoms with Crippen LogP contribution in [0, 0.1) is 12.3 Å². The van der Waals surface area contributed by atoms with Gasteiger partial charge < -0.3 is 9.47 Å². The van der Waals surface area contributed by atoms with Crippen molar-refractivity contribution in [1.29, 1.82) is 0 Å². The lowest BCUT2D eigenvalue weighted by Crippen LogP contribution is -2.41. The van der Waals surface area contributed by atoms with Gasteiger partial charge in [-0.3, -0.25) is 4.90 Å². The maximum Gasteiger partial charge on any atom is 0.410 e. The van der Waals surface area contributed by atoms with Gasteiger partial charge in [0, 0.05) is 6.54 Å². The monoisotopic (exact) mass is 287 g/mol. The predicted molar refractivity (Wildman–Crippen MR) is 76.1 cm³/mol. The number of rotatable bonds is 4. The van der Waals surface area contributed by atoms with Crippen LogP contribution in [-0.4, -0.2) is 36.2 Å². The molecule has 0 N–H and O–H groups in total. The number of amides is 1. The van der Waals surface area contributed by atoms with Crippen LogP contribution in [0.4, 0.5) is 4.79 Å². The summed E-state index contributed by atoms with van der Waals surface area (Å²) in [5.41, 5.74) is 0.900. The third-order valence-electron chi connectivity index (χ3n) is 3.26. The molecular formula is C16H17NO4. The van der Waals surface area contributed by atoms with Crippen molar-refractivity contribution < 1.29 is 19.1 Å². The van der Waals surface area contributed by atoms with Crippen molar-refractivity contribution in [2.75, 3.05) is 13.2 Å². The van der Waals surface area contributed by atoms with Crippen molar-refractivity contribution in [3.63, 3.8) is 0 Å². The average Bonchev–Trinajstić information content (AvgIpc) is 3.01. The highest BCUT2D eigenvalue weighted by atomic mass is 16.6. The van der Waals surface area contributed by atoms with Crippen molar-refractivity contribution in [2.24, 2.45) is 0 Å². The van der Waals surface area contributed by atoms with Crippen molar-refractivity contribution in [3.8, 4) is 12.3 Å². The zero-order valence-corrected chi connectivity index (χ0v) is 11.7. The van der Waals surface area contributed by atoms with E-state index in [-0.39, 0.29) is 13.2 Å². The Labute approximate surface area is 123 Å². The quantitative estimate of drug-likeness (QED) is 0.627. The minimum Gasteiger partial charge on any atom is -0.451 e. The van der Waals surface area contributed by atoms with Crippen LogP contribution in [0.15, 0.2) is 30.3 Å².